The molecule has 1 N–H and O–H groups in total. The number of nitrogens with zero attached hydrogens (tertiary/aromatic N) is 3. The van der Waals surface area contributed by atoms with E-state index in [4.69, 9.17) is 4.74 Å². The molecule has 1 saturated heterocycles. The molecule has 0 atom stereocenters. The molecule has 0 aliphatic carbocycles. The largest absolute Gasteiger partial charge is 0.497 e. The van der Waals surface area contributed by atoms with E-state index in [0.29, 0.717) is 18.2 Å². The fourth-order valence-electron chi connectivity index (χ4n) is 2.57. The van der Waals surface area contributed by atoms with E-state index in [1.165, 1.54) is 0 Å². The lowest BCUT2D eigenvalue weighted by Gasteiger charge is -2.14. The number of benzene rings is 1. The molecule has 0 bridgehead atoms. The van der Waals surface area contributed by atoms with Gasteiger partial charge < -0.3 is 15.0 Å². The van der Waals surface area contributed by atoms with Crippen LogP contribution in [0.15, 0.2) is 36.5 Å². The van der Waals surface area contributed by atoms with Crippen LogP contribution < -0.4 is 10.1 Å². The normalized spacial score (nSPS) is 13.9. The van der Waals surface area contributed by atoms with Gasteiger partial charge in [0.25, 0.3) is 5.91 Å². The third-order valence-electron chi connectivity index (χ3n) is 3.88. The minimum atomic E-state index is -0.0163. The van der Waals surface area contributed by atoms with Gasteiger partial charge >= 0.3 is 0 Å². The van der Waals surface area contributed by atoms with E-state index in [-0.39, 0.29) is 5.91 Å². The van der Waals surface area contributed by atoms with Crippen molar-refractivity contribution in [2.24, 2.45) is 0 Å². The van der Waals surface area contributed by atoms with E-state index in [1.807, 2.05) is 29.2 Å². The fourth-order valence-corrected chi connectivity index (χ4v) is 2.57. The predicted octanol–water partition coefficient (Wildman–Crippen LogP) is 2.33. The Morgan fingerprint density at radius 2 is 1.96 bits per heavy atom. The molecule has 3 rings (SSSR count). The van der Waals surface area contributed by atoms with Crippen molar-refractivity contribution in [3.63, 3.8) is 0 Å². The lowest BCUT2D eigenvalue weighted by Crippen LogP contribution is -2.28. The van der Waals surface area contributed by atoms with Crippen molar-refractivity contribution in [2.45, 2.75) is 19.4 Å². The van der Waals surface area contributed by atoms with E-state index < -0.39 is 0 Å². The Labute approximate surface area is 135 Å². The van der Waals surface area contributed by atoms with E-state index in [9.17, 15) is 4.79 Å². The maximum Gasteiger partial charge on any atom is 0.272 e. The van der Waals surface area contributed by atoms with Crippen molar-refractivity contribution in [1.29, 1.82) is 0 Å². The number of nitrogens with one attached hydrogen (secondary N) is 1. The molecule has 1 aromatic heterocycles. The van der Waals surface area contributed by atoms with E-state index in [1.54, 1.807) is 19.4 Å². The quantitative estimate of drug-likeness (QED) is 0.918. The lowest BCUT2D eigenvalue weighted by molar-refractivity contribution is 0.0787. The number of amides is 1. The smallest absolute Gasteiger partial charge is 0.272 e. The molecule has 23 heavy (non-hydrogen) atoms. The highest BCUT2D eigenvalue weighted by Gasteiger charge is 2.20. The standard InChI is InChI=1S/C17H20N4O2/c1-23-14-6-4-13(5-7-14)12-19-17-18-9-8-15(20-17)16(22)21-10-2-3-11-21/h4-9H,2-3,10-12H2,1H3,(H,18,19,20). The summed E-state index contributed by atoms with van der Waals surface area (Å²) in [6.07, 6.45) is 3.76. The number of methoxy groups -OCH3 is 1. The number of ether oxygens (including phenoxy) is 1. The summed E-state index contributed by atoms with van der Waals surface area (Å²) in [4.78, 5) is 22.7. The molecule has 0 radical (unpaired) electrons. The van der Waals surface area contributed by atoms with E-state index >= 15 is 0 Å². The van der Waals surface area contributed by atoms with E-state index in [2.05, 4.69) is 15.3 Å². The van der Waals surface area contributed by atoms with Crippen LogP contribution in [0, 0.1) is 0 Å². The molecule has 1 aliphatic rings. The van der Waals surface area contributed by atoms with Crippen LogP contribution in [0.2, 0.25) is 0 Å². The zero-order chi connectivity index (χ0) is 16.1. The zero-order valence-electron chi connectivity index (χ0n) is 13.2. The topological polar surface area (TPSA) is 67.3 Å². The molecule has 2 aromatic rings. The molecule has 1 fully saturated rings. The Morgan fingerprint density at radius 3 is 2.65 bits per heavy atom. The van der Waals surface area contributed by atoms with Gasteiger partial charge in [0.15, 0.2) is 0 Å². The van der Waals surface area contributed by atoms with Crippen LogP contribution in [0.1, 0.15) is 28.9 Å². The van der Waals surface area contributed by atoms with Gasteiger partial charge in [-0.15, -0.1) is 0 Å². The van der Waals surface area contributed by atoms with Crippen molar-refractivity contribution in [1.82, 2.24) is 14.9 Å². The fraction of sp³-hybridized carbons (Fsp3) is 0.353. The summed E-state index contributed by atoms with van der Waals surface area (Å²) >= 11 is 0. The molecule has 1 aromatic carbocycles. The number of carbonyl (C=O) groups excluding carboxylic acids is 1. The minimum absolute atomic E-state index is 0.0163. The summed E-state index contributed by atoms with van der Waals surface area (Å²) in [5.41, 5.74) is 1.53. The average Bonchev–Trinajstić information content (AvgIpc) is 3.14. The number of aromatic nitrogens is 2. The molecule has 120 valence electrons. The minimum Gasteiger partial charge on any atom is -0.497 e. The summed E-state index contributed by atoms with van der Waals surface area (Å²) in [7, 11) is 1.64. The van der Waals surface area contributed by atoms with Gasteiger partial charge in [-0.25, -0.2) is 9.97 Å². The first-order valence-corrected chi connectivity index (χ1v) is 7.75. The number of hydrogen-bond donors (Lipinski definition) is 1. The van der Waals surface area contributed by atoms with Gasteiger partial charge in [0.2, 0.25) is 5.95 Å². The Bertz CT molecular complexity index is 667. The van der Waals surface area contributed by atoms with Crippen LogP contribution >= 0.6 is 0 Å². The molecular weight excluding hydrogens is 292 g/mol. The third kappa shape index (κ3) is 3.77. The second-order valence-corrected chi connectivity index (χ2v) is 5.47. The summed E-state index contributed by atoms with van der Waals surface area (Å²) in [5.74, 6) is 1.27. The molecule has 0 saturated carbocycles. The SMILES string of the molecule is COc1ccc(CNc2nccc(C(=O)N3CCCC3)n2)cc1. The molecule has 0 spiro atoms. The second-order valence-electron chi connectivity index (χ2n) is 5.47. The highest BCUT2D eigenvalue weighted by molar-refractivity contribution is 5.92. The number of carbonyl (C=O) groups is 1. The first-order valence-electron chi connectivity index (χ1n) is 7.75. The van der Waals surface area contributed by atoms with Crippen LogP contribution in [0.3, 0.4) is 0 Å². The molecule has 1 amide bonds. The van der Waals surface area contributed by atoms with Crippen LogP contribution in [-0.4, -0.2) is 41.0 Å². The van der Waals surface area contributed by atoms with Crippen molar-refractivity contribution in [2.75, 3.05) is 25.5 Å². The maximum atomic E-state index is 12.3. The predicted molar refractivity (Wildman–Crippen MR) is 87.5 cm³/mol. The highest BCUT2D eigenvalue weighted by Crippen LogP contribution is 2.14. The van der Waals surface area contributed by atoms with Crippen molar-refractivity contribution in [3.8, 4) is 5.75 Å². The van der Waals surface area contributed by atoms with Crippen molar-refractivity contribution in [3.05, 3.63) is 47.8 Å². The highest BCUT2D eigenvalue weighted by atomic mass is 16.5. The number of anilines is 1. The summed E-state index contributed by atoms with van der Waals surface area (Å²) < 4.78 is 5.14. The Balaban J connectivity index is 1.63. The molecular formula is C17H20N4O2. The Morgan fingerprint density at radius 1 is 1.22 bits per heavy atom. The lowest BCUT2D eigenvalue weighted by atomic mass is 10.2. The first kappa shape index (κ1) is 15.3. The Kier molecular flexibility index (Phi) is 4.71. The van der Waals surface area contributed by atoms with Crippen LogP contribution in [0.25, 0.3) is 0 Å². The molecule has 6 nitrogen and oxygen atoms in total. The monoisotopic (exact) mass is 312 g/mol. The van der Waals surface area contributed by atoms with Crippen molar-refractivity contribution < 1.29 is 9.53 Å². The van der Waals surface area contributed by atoms with Crippen LogP contribution in [-0.2, 0) is 6.54 Å². The van der Waals surface area contributed by atoms with Gasteiger partial charge in [0.1, 0.15) is 11.4 Å². The average molecular weight is 312 g/mol. The van der Waals surface area contributed by atoms with Gasteiger partial charge in [-0.2, -0.15) is 0 Å². The first-order chi connectivity index (χ1) is 11.3. The zero-order valence-corrected chi connectivity index (χ0v) is 13.2. The molecule has 6 heteroatoms. The summed E-state index contributed by atoms with van der Waals surface area (Å²) in [6, 6.07) is 9.44. The van der Waals surface area contributed by atoms with Gasteiger partial charge in [-0.1, -0.05) is 12.1 Å². The second kappa shape index (κ2) is 7.09. The van der Waals surface area contributed by atoms with Crippen molar-refractivity contribution >= 4 is 11.9 Å². The van der Waals surface area contributed by atoms with E-state index in [0.717, 1.165) is 37.2 Å². The van der Waals surface area contributed by atoms with Gasteiger partial charge in [0.05, 0.1) is 7.11 Å². The Hall–Kier alpha value is -2.63. The molecule has 1 aliphatic heterocycles. The third-order valence-corrected chi connectivity index (χ3v) is 3.88. The number of hydrogen-bond acceptors (Lipinski definition) is 5. The van der Waals surface area contributed by atoms with Gasteiger partial charge in [-0.3, -0.25) is 4.79 Å². The van der Waals surface area contributed by atoms with Crippen LogP contribution in [0.5, 0.6) is 5.75 Å². The van der Waals surface area contributed by atoms with Gasteiger partial charge in [0, 0.05) is 25.8 Å². The molecule has 0 unspecified atom stereocenters. The summed E-state index contributed by atoms with van der Waals surface area (Å²) in [6.45, 7) is 2.22. The van der Waals surface area contributed by atoms with Crippen LogP contribution in [0.4, 0.5) is 5.95 Å². The molecule has 2 heterocycles. The van der Waals surface area contributed by atoms with Gasteiger partial charge in [-0.05, 0) is 36.6 Å². The maximum absolute atomic E-state index is 12.3. The summed E-state index contributed by atoms with van der Waals surface area (Å²) in [5, 5.41) is 3.15. The number of likely N-dealkylation sites (tertiary alicyclic amines) is 1. The number of rotatable bonds is 5.